The standard InChI is InChI=1S/C9H15F3O/c10-8(6-13)5-7-1-3-9(11,12)4-2-7/h7-8,13H,1-6H2. The third-order valence-corrected chi connectivity index (χ3v) is 2.62. The molecule has 1 rings (SSSR count). The second kappa shape index (κ2) is 4.31. The van der Waals surface area contributed by atoms with E-state index in [0.29, 0.717) is 12.8 Å². The highest BCUT2D eigenvalue weighted by molar-refractivity contribution is 4.78. The largest absolute Gasteiger partial charge is 0.393 e. The van der Waals surface area contributed by atoms with Crippen molar-refractivity contribution in [2.45, 2.75) is 44.2 Å². The Kier molecular flexibility index (Phi) is 3.59. The first-order valence-corrected chi connectivity index (χ1v) is 4.66. The molecule has 0 amide bonds. The molecule has 13 heavy (non-hydrogen) atoms. The fourth-order valence-corrected chi connectivity index (χ4v) is 1.77. The van der Waals surface area contributed by atoms with Crippen molar-refractivity contribution in [1.29, 1.82) is 0 Å². The van der Waals surface area contributed by atoms with Gasteiger partial charge in [0.05, 0.1) is 6.61 Å². The van der Waals surface area contributed by atoms with Crippen LogP contribution in [0.3, 0.4) is 0 Å². The van der Waals surface area contributed by atoms with Crippen LogP contribution in [0.5, 0.6) is 0 Å². The van der Waals surface area contributed by atoms with Crippen LogP contribution < -0.4 is 0 Å². The highest BCUT2D eigenvalue weighted by atomic mass is 19.3. The molecule has 0 saturated heterocycles. The molecule has 1 aliphatic carbocycles. The lowest BCUT2D eigenvalue weighted by molar-refractivity contribution is -0.0493. The van der Waals surface area contributed by atoms with Crippen LogP contribution in [0.2, 0.25) is 0 Å². The number of aliphatic hydroxyl groups is 1. The van der Waals surface area contributed by atoms with Crippen molar-refractivity contribution in [3.05, 3.63) is 0 Å². The Bertz CT molecular complexity index is 151. The third kappa shape index (κ3) is 3.55. The summed E-state index contributed by atoms with van der Waals surface area (Å²) in [7, 11) is 0. The Labute approximate surface area is 75.9 Å². The van der Waals surface area contributed by atoms with Gasteiger partial charge in [-0.15, -0.1) is 0 Å². The fourth-order valence-electron chi connectivity index (χ4n) is 1.77. The van der Waals surface area contributed by atoms with Crippen LogP contribution in [0, 0.1) is 5.92 Å². The number of alkyl halides is 3. The van der Waals surface area contributed by atoms with Crippen molar-refractivity contribution >= 4 is 0 Å². The van der Waals surface area contributed by atoms with Crippen LogP contribution in [-0.2, 0) is 0 Å². The van der Waals surface area contributed by atoms with Crippen LogP contribution in [-0.4, -0.2) is 23.8 Å². The Morgan fingerprint density at radius 2 is 1.85 bits per heavy atom. The molecule has 0 bridgehead atoms. The number of rotatable bonds is 3. The molecule has 0 heterocycles. The lowest BCUT2D eigenvalue weighted by atomic mass is 9.84. The zero-order valence-electron chi connectivity index (χ0n) is 7.48. The molecule has 1 atom stereocenters. The van der Waals surface area contributed by atoms with E-state index in [4.69, 9.17) is 5.11 Å². The van der Waals surface area contributed by atoms with Gasteiger partial charge in [0.25, 0.3) is 0 Å². The Balaban J connectivity index is 2.25. The molecule has 1 unspecified atom stereocenters. The van der Waals surface area contributed by atoms with Crippen molar-refractivity contribution in [3.8, 4) is 0 Å². The van der Waals surface area contributed by atoms with Gasteiger partial charge in [-0.05, 0) is 25.2 Å². The molecule has 78 valence electrons. The van der Waals surface area contributed by atoms with Gasteiger partial charge in [-0.1, -0.05) is 0 Å². The van der Waals surface area contributed by atoms with Crippen LogP contribution >= 0.6 is 0 Å². The summed E-state index contributed by atoms with van der Waals surface area (Å²) in [5.41, 5.74) is 0. The number of aliphatic hydroxyl groups excluding tert-OH is 1. The first-order chi connectivity index (χ1) is 6.03. The molecule has 0 radical (unpaired) electrons. The van der Waals surface area contributed by atoms with E-state index in [9.17, 15) is 13.2 Å². The summed E-state index contributed by atoms with van der Waals surface area (Å²) in [4.78, 5) is 0. The molecule has 0 aromatic rings. The number of halogens is 3. The van der Waals surface area contributed by atoms with E-state index < -0.39 is 18.7 Å². The minimum absolute atomic E-state index is 0.0294. The lowest BCUT2D eigenvalue weighted by Gasteiger charge is -2.28. The predicted octanol–water partition coefficient (Wildman–Crippen LogP) is 2.53. The molecule has 1 fully saturated rings. The summed E-state index contributed by atoms with van der Waals surface area (Å²) >= 11 is 0. The van der Waals surface area contributed by atoms with E-state index in [1.165, 1.54) is 0 Å². The molecule has 1 N–H and O–H groups in total. The molecule has 0 spiro atoms. The summed E-state index contributed by atoms with van der Waals surface area (Å²) in [5.74, 6) is -2.51. The van der Waals surface area contributed by atoms with E-state index in [0.717, 1.165) is 0 Å². The van der Waals surface area contributed by atoms with Gasteiger partial charge in [-0.3, -0.25) is 0 Å². The van der Waals surface area contributed by atoms with Gasteiger partial charge >= 0.3 is 0 Å². The zero-order valence-corrected chi connectivity index (χ0v) is 7.48. The molecule has 0 aliphatic heterocycles. The minimum atomic E-state index is -2.54. The van der Waals surface area contributed by atoms with Gasteiger partial charge in [0.1, 0.15) is 6.17 Å². The second-order valence-corrected chi connectivity index (χ2v) is 3.81. The molecule has 0 aromatic carbocycles. The normalized spacial score (nSPS) is 25.8. The van der Waals surface area contributed by atoms with E-state index in [2.05, 4.69) is 0 Å². The van der Waals surface area contributed by atoms with E-state index in [-0.39, 0.29) is 25.2 Å². The van der Waals surface area contributed by atoms with Gasteiger partial charge in [0.15, 0.2) is 0 Å². The van der Waals surface area contributed by atoms with E-state index >= 15 is 0 Å². The summed E-state index contributed by atoms with van der Waals surface area (Å²) < 4.78 is 38.0. The summed E-state index contributed by atoms with van der Waals surface area (Å²) in [6.07, 6.45) is -0.504. The summed E-state index contributed by atoms with van der Waals surface area (Å²) in [6.45, 7) is -0.493. The van der Waals surface area contributed by atoms with Gasteiger partial charge in [0, 0.05) is 12.8 Å². The molecule has 1 nitrogen and oxygen atoms in total. The fraction of sp³-hybridized carbons (Fsp3) is 1.00. The third-order valence-electron chi connectivity index (χ3n) is 2.62. The summed E-state index contributed by atoms with van der Waals surface area (Å²) in [6, 6.07) is 0. The lowest BCUT2D eigenvalue weighted by Crippen LogP contribution is -2.26. The highest BCUT2D eigenvalue weighted by Gasteiger charge is 2.35. The molecule has 4 heteroatoms. The zero-order chi connectivity index (χ0) is 9.90. The molecule has 0 aromatic heterocycles. The quantitative estimate of drug-likeness (QED) is 0.735. The average Bonchev–Trinajstić information content (AvgIpc) is 2.08. The average molecular weight is 196 g/mol. The Morgan fingerprint density at radius 3 is 2.31 bits per heavy atom. The van der Waals surface area contributed by atoms with Gasteiger partial charge in [-0.25, -0.2) is 13.2 Å². The van der Waals surface area contributed by atoms with E-state index in [1.807, 2.05) is 0 Å². The van der Waals surface area contributed by atoms with E-state index in [1.54, 1.807) is 0 Å². The van der Waals surface area contributed by atoms with Crippen LogP contribution in [0.1, 0.15) is 32.1 Å². The van der Waals surface area contributed by atoms with Crippen molar-refractivity contribution in [1.82, 2.24) is 0 Å². The van der Waals surface area contributed by atoms with Gasteiger partial charge in [-0.2, -0.15) is 0 Å². The van der Waals surface area contributed by atoms with Crippen molar-refractivity contribution in [3.63, 3.8) is 0 Å². The predicted molar refractivity (Wildman–Crippen MR) is 43.5 cm³/mol. The molecule has 1 aliphatic rings. The van der Waals surface area contributed by atoms with Crippen LogP contribution in [0.4, 0.5) is 13.2 Å². The summed E-state index contributed by atoms with van der Waals surface area (Å²) in [5, 5.41) is 8.44. The second-order valence-electron chi connectivity index (χ2n) is 3.81. The first kappa shape index (κ1) is 10.8. The highest BCUT2D eigenvalue weighted by Crippen LogP contribution is 2.37. The SMILES string of the molecule is OCC(F)CC1CCC(F)(F)CC1. The van der Waals surface area contributed by atoms with Crippen LogP contribution in [0.15, 0.2) is 0 Å². The van der Waals surface area contributed by atoms with Crippen LogP contribution in [0.25, 0.3) is 0 Å². The van der Waals surface area contributed by atoms with Crippen molar-refractivity contribution in [2.24, 2.45) is 5.92 Å². The minimum Gasteiger partial charge on any atom is -0.393 e. The maximum atomic E-state index is 12.7. The topological polar surface area (TPSA) is 20.2 Å². The number of hydrogen-bond donors (Lipinski definition) is 1. The molecule has 1 saturated carbocycles. The van der Waals surface area contributed by atoms with Crippen molar-refractivity contribution in [2.75, 3.05) is 6.61 Å². The first-order valence-electron chi connectivity index (χ1n) is 4.66. The monoisotopic (exact) mass is 196 g/mol. The molecular weight excluding hydrogens is 181 g/mol. The van der Waals surface area contributed by atoms with Crippen molar-refractivity contribution < 1.29 is 18.3 Å². The molecular formula is C9H15F3O. The Morgan fingerprint density at radius 1 is 1.31 bits per heavy atom. The maximum Gasteiger partial charge on any atom is 0.248 e. The number of hydrogen-bond acceptors (Lipinski definition) is 1. The van der Waals surface area contributed by atoms with Gasteiger partial charge in [0.2, 0.25) is 5.92 Å². The van der Waals surface area contributed by atoms with Gasteiger partial charge < -0.3 is 5.11 Å². The smallest absolute Gasteiger partial charge is 0.248 e. The maximum absolute atomic E-state index is 12.7. The Hall–Kier alpha value is -0.250.